The molecule has 0 fully saturated rings. The fourth-order valence-corrected chi connectivity index (χ4v) is 1.92. The van der Waals surface area contributed by atoms with Gasteiger partial charge in [-0.2, -0.15) is 0 Å². The molecule has 0 aliphatic heterocycles. The average molecular weight is 228 g/mol. The minimum absolute atomic E-state index is 0.211. The fraction of sp³-hybridized carbons (Fsp3) is 0.200. The van der Waals surface area contributed by atoms with E-state index in [1.54, 1.807) is 18.2 Å². The van der Waals surface area contributed by atoms with E-state index in [1.807, 2.05) is 32.9 Å². The number of hydrogen-bond donors (Lipinski definition) is 2. The standard InChI is InChI=1S/C15H16O2/c1-9-4-5-12(16)8-13(9)14-6-10(2)11(3)7-15(14)17/h4-8,16-17H,1-3H3. The van der Waals surface area contributed by atoms with Crippen molar-refractivity contribution in [1.29, 1.82) is 0 Å². The van der Waals surface area contributed by atoms with Crippen LogP contribution in [0.1, 0.15) is 16.7 Å². The minimum atomic E-state index is 0.211. The van der Waals surface area contributed by atoms with Crippen LogP contribution >= 0.6 is 0 Å². The molecule has 0 aliphatic carbocycles. The van der Waals surface area contributed by atoms with E-state index in [0.717, 1.165) is 27.8 Å². The van der Waals surface area contributed by atoms with Crippen molar-refractivity contribution >= 4 is 0 Å². The van der Waals surface area contributed by atoms with Crippen LogP contribution in [-0.4, -0.2) is 10.2 Å². The molecule has 17 heavy (non-hydrogen) atoms. The minimum Gasteiger partial charge on any atom is -0.508 e. The molecule has 0 aromatic heterocycles. The molecule has 2 N–H and O–H groups in total. The molecule has 0 saturated carbocycles. The second-order valence-corrected chi connectivity index (χ2v) is 4.45. The third-order valence-electron chi connectivity index (χ3n) is 3.12. The monoisotopic (exact) mass is 228 g/mol. The van der Waals surface area contributed by atoms with Crippen molar-refractivity contribution < 1.29 is 10.2 Å². The molecule has 2 heteroatoms. The van der Waals surface area contributed by atoms with E-state index >= 15 is 0 Å². The molecule has 0 bridgehead atoms. The number of aromatic hydroxyl groups is 2. The summed E-state index contributed by atoms with van der Waals surface area (Å²) in [5.74, 6) is 0.463. The van der Waals surface area contributed by atoms with E-state index in [2.05, 4.69) is 0 Å². The first-order valence-corrected chi connectivity index (χ1v) is 5.59. The van der Waals surface area contributed by atoms with Gasteiger partial charge in [0.2, 0.25) is 0 Å². The van der Waals surface area contributed by atoms with Gasteiger partial charge >= 0.3 is 0 Å². The summed E-state index contributed by atoms with van der Waals surface area (Å²) in [6, 6.07) is 8.88. The Morgan fingerprint density at radius 1 is 0.706 bits per heavy atom. The van der Waals surface area contributed by atoms with Gasteiger partial charge in [-0.05, 0) is 67.3 Å². The summed E-state index contributed by atoms with van der Waals surface area (Å²) in [5.41, 5.74) is 4.85. The summed E-state index contributed by atoms with van der Waals surface area (Å²) in [4.78, 5) is 0. The Balaban J connectivity index is 2.68. The van der Waals surface area contributed by atoms with Crippen molar-refractivity contribution in [2.45, 2.75) is 20.8 Å². The summed E-state index contributed by atoms with van der Waals surface area (Å²) >= 11 is 0. The molecule has 0 radical (unpaired) electrons. The Morgan fingerprint density at radius 3 is 2.06 bits per heavy atom. The summed E-state index contributed by atoms with van der Waals surface area (Å²) in [7, 11) is 0. The molecule has 2 aromatic carbocycles. The molecule has 0 amide bonds. The Labute approximate surface area is 101 Å². The van der Waals surface area contributed by atoms with Crippen LogP contribution in [-0.2, 0) is 0 Å². The predicted molar refractivity (Wildman–Crippen MR) is 69.4 cm³/mol. The van der Waals surface area contributed by atoms with Crippen LogP contribution < -0.4 is 0 Å². The fourth-order valence-electron chi connectivity index (χ4n) is 1.92. The first kappa shape index (κ1) is 11.5. The lowest BCUT2D eigenvalue weighted by Gasteiger charge is -2.11. The predicted octanol–water partition coefficient (Wildman–Crippen LogP) is 3.69. The lowest BCUT2D eigenvalue weighted by Crippen LogP contribution is -1.88. The lowest BCUT2D eigenvalue weighted by atomic mass is 9.96. The quantitative estimate of drug-likeness (QED) is 0.781. The van der Waals surface area contributed by atoms with Gasteiger partial charge in [0, 0.05) is 5.56 Å². The number of phenolic OH excluding ortho intramolecular Hbond substituents is 2. The van der Waals surface area contributed by atoms with Crippen LogP contribution in [0.5, 0.6) is 11.5 Å². The van der Waals surface area contributed by atoms with Crippen LogP contribution in [0.2, 0.25) is 0 Å². The van der Waals surface area contributed by atoms with Crippen molar-refractivity contribution in [2.75, 3.05) is 0 Å². The van der Waals surface area contributed by atoms with Gasteiger partial charge in [-0.3, -0.25) is 0 Å². The van der Waals surface area contributed by atoms with Gasteiger partial charge in [0.05, 0.1) is 0 Å². The van der Waals surface area contributed by atoms with E-state index < -0.39 is 0 Å². The van der Waals surface area contributed by atoms with Crippen LogP contribution in [0.15, 0.2) is 30.3 Å². The molecule has 2 nitrogen and oxygen atoms in total. The zero-order valence-corrected chi connectivity index (χ0v) is 10.3. The highest BCUT2D eigenvalue weighted by molar-refractivity contribution is 5.75. The topological polar surface area (TPSA) is 40.5 Å². The van der Waals surface area contributed by atoms with Crippen molar-refractivity contribution in [3.63, 3.8) is 0 Å². The van der Waals surface area contributed by atoms with Gasteiger partial charge in [0.25, 0.3) is 0 Å². The van der Waals surface area contributed by atoms with Crippen molar-refractivity contribution in [3.8, 4) is 22.6 Å². The molecule has 0 saturated heterocycles. The Bertz CT molecular complexity index is 571. The molecular weight excluding hydrogens is 212 g/mol. The molecule has 2 aromatic rings. The third-order valence-corrected chi connectivity index (χ3v) is 3.12. The smallest absolute Gasteiger partial charge is 0.123 e. The number of phenols is 2. The van der Waals surface area contributed by atoms with Gasteiger partial charge in [0.15, 0.2) is 0 Å². The zero-order valence-electron chi connectivity index (χ0n) is 10.3. The summed E-state index contributed by atoms with van der Waals surface area (Å²) in [6.45, 7) is 5.94. The van der Waals surface area contributed by atoms with Crippen LogP contribution in [0.25, 0.3) is 11.1 Å². The number of benzene rings is 2. The summed E-state index contributed by atoms with van der Waals surface area (Å²) in [6.07, 6.45) is 0. The SMILES string of the molecule is Cc1cc(O)c(-c2cc(O)ccc2C)cc1C. The van der Waals surface area contributed by atoms with E-state index in [-0.39, 0.29) is 11.5 Å². The van der Waals surface area contributed by atoms with Gasteiger partial charge in [-0.25, -0.2) is 0 Å². The second-order valence-electron chi connectivity index (χ2n) is 4.45. The number of hydrogen-bond acceptors (Lipinski definition) is 2. The first-order chi connectivity index (χ1) is 7.99. The molecule has 0 unspecified atom stereocenters. The highest BCUT2D eigenvalue weighted by atomic mass is 16.3. The maximum absolute atomic E-state index is 10.0. The number of aryl methyl sites for hydroxylation is 3. The summed E-state index contributed by atoms with van der Waals surface area (Å²) < 4.78 is 0. The van der Waals surface area contributed by atoms with E-state index in [1.165, 1.54) is 0 Å². The molecule has 88 valence electrons. The maximum Gasteiger partial charge on any atom is 0.123 e. The molecule has 0 aliphatic rings. The Hall–Kier alpha value is -1.96. The Morgan fingerprint density at radius 2 is 1.35 bits per heavy atom. The molecule has 2 rings (SSSR count). The average Bonchev–Trinajstić information content (AvgIpc) is 2.27. The third kappa shape index (κ3) is 2.11. The van der Waals surface area contributed by atoms with E-state index in [4.69, 9.17) is 0 Å². The van der Waals surface area contributed by atoms with E-state index in [9.17, 15) is 10.2 Å². The van der Waals surface area contributed by atoms with Crippen molar-refractivity contribution in [3.05, 3.63) is 47.0 Å². The largest absolute Gasteiger partial charge is 0.508 e. The van der Waals surface area contributed by atoms with Crippen LogP contribution in [0.3, 0.4) is 0 Å². The molecular formula is C15H16O2. The van der Waals surface area contributed by atoms with Crippen LogP contribution in [0, 0.1) is 20.8 Å². The second kappa shape index (κ2) is 4.13. The normalized spacial score (nSPS) is 10.5. The maximum atomic E-state index is 10.0. The Kier molecular flexibility index (Phi) is 2.80. The molecule has 0 atom stereocenters. The van der Waals surface area contributed by atoms with Gasteiger partial charge in [-0.15, -0.1) is 0 Å². The highest BCUT2D eigenvalue weighted by Crippen LogP contribution is 2.35. The van der Waals surface area contributed by atoms with Gasteiger partial charge in [0.1, 0.15) is 11.5 Å². The zero-order chi connectivity index (χ0) is 12.6. The van der Waals surface area contributed by atoms with Crippen LogP contribution in [0.4, 0.5) is 0 Å². The highest BCUT2D eigenvalue weighted by Gasteiger charge is 2.09. The van der Waals surface area contributed by atoms with Gasteiger partial charge in [-0.1, -0.05) is 6.07 Å². The lowest BCUT2D eigenvalue weighted by molar-refractivity contribution is 0.474. The van der Waals surface area contributed by atoms with Gasteiger partial charge < -0.3 is 10.2 Å². The number of rotatable bonds is 1. The molecule has 0 spiro atoms. The summed E-state index contributed by atoms with van der Waals surface area (Å²) in [5, 5.41) is 19.5. The molecule has 0 heterocycles. The van der Waals surface area contributed by atoms with E-state index in [0.29, 0.717) is 0 Å². The first-order valence-electron chi connectivity index (χ1n) is 5.59. The van der Waals surface area contributed by atoms with Crippen molar-refractivity contribution in [2.24, 2.45) is 0 Å². The van der Waals surface area contributed by atoms with Crippen molar-refractivity contribution in [1.82, 2.24) is 0 Å².